The molecule has 1 rings (SSSR count). The van der Waals surface area contributed by atoms with E-state index in [0.29, 0.717) is 37.6 Å². The highest BCUT2D eigenvalue weighted by Gasteiger charge is 2.17. The lowest BCUT2D eigenvalue weighted by atomic mass is 10.2. The number of nitrogens with zero attached hydrogens (tertiary/aromatic N) is 1. The zero-order valence-corrected chi connectivity index (χ0v) is 34.2. The highest BCUT2D eigenvalue weighted by Crippen LogP contribution is 2.35. The van der Waals surface area contributed by atoms with E-state index >= 15 is 0 Å². The molecule has 2 N–H and O–H groups in total. The Morgan fingerprint density at radius 1 is 0.849 bits per heavy atom. The van der Waals surface area contributed by atoms with Gasteiger partial charge in [-0.15, -0.1) is 0 Å². The Morgan fingerprint density at radius 3 is 1.85 bits per heavy atom. The van der Waals surface area contributed by atoms with Gasteiger partial charge in [0.05, 0.1) is 6.61 Å². The first-order chi connectivity index (χ1) is 25.6. The number of ether oxygens (including phenoxy) is 1. The fourth-order valence-corrected chi connectivity index (χ4v) is 4.94. The molecule has 10 heteroatoms. The lowest BCUT2D eigenvalue weighted by Gasteiger charge is -2.21. The van der Waals surface area contributed by atoms with E-state index in [0.717, 1.165) is 44.1 Å². The number of benzene rings is 1. The largest absolute Gasteiger partial charge is 0.436 e. The van der Waals surface area contributed by atoms with Crippen LogP contribution in [0.3, 0.4) is 0 Å². The van der Waals surface area contributed by atoms with Crippen molar-refractivity contribution in [3.63, 3.8) is 0 Å². The average Bonchev–Trinajstić information content (AvgIpc) is 3.14. The summed E-state index contributed by atoms with van der Waals surface area (Å²) in [6.45, 7) is 10.1. The molecule has 1 aromatic carbocycles. The Hall–Kier alpha value is -3.62. The molecule has 53 heavy (non-hydrogen) atoms. The Kier molecular flexibility index (Phi) is 33.0. The van der Waals surface area contributed by atoms with Crippen LogP contribution in [0.1, 0.15) is 84.6 Å². The summed E-state index contributed by atoms with van der Waals surface area (Å²) in [6.07, 6.45) is 36.1. The van der Waals surface area contributed by atoms with Crippen molar-refractivity contribution in [3.05, 3.63) is 115 Å². The fourth-order valence-electron chi connectivity index (χ4n) is 3.82. The Labute approximate surface area is 322 Å². The predicted octanol–water partition coefficient (Wildman–Crippen LogP) is 10.4. The number of alkyl halides is 1. The van der Waals surface area contributed by atoms with Crippen LogP contribution in [-0.4, -0.2) is 63.3 Å². The minimum Gasteiger partial charge on any atom is -0.436 e. The maximum Gasteiger partial charge on any atom is 0.318 e. The van der Waals surface area contributed by atoms with Gasteiger partial charge in [0.1, 0.15) is 18.5 Å². The van der Waals surface area contributed by atoms with Crippen molar-refractivity contribution in [3.8, 4) is 5.75 Å². The van der Waals surface area contributed by atoms with E-state index in [9.17, 15) is 14.0 Å². The van der Waals surface area contributed by atoms with Crippen molar-refractivity contribution in [2.75, 3.05) is 40.5 Å². The van der Waals surface area contributed by atoms with Gasteiger partial charge in [-0.3, -0.25) is 9.59 Å². The number of halogens is 1. The average molecular weight is 756 g/mol. The van der Waals surface area contributed by atoms with E-state index in [2.05, 4.69) is 98.0 Å². The molecule has 2 atom stereocenters. The predicted molar refractivity (Wildman–Crippen MR) is 222 cm³/mol. The van der Waals surface area contributed by atoms with Crippen LogP contribution in [-0.2, 0) is 18.8 Å². The van der Waals surface area contributed by atoms with Crippen LogP contribution in [0.2, 0.25) is 0 Å². The van der Waals surface area contributed by atoms with Gasteiger partial charge in [-0.05, 0) is 69.9 Å². The van der Waals surface area contributed by atoms with E-state index < -0.39 is 21.3 Å². The monoisotopic (exact) mass is 755 g/mol. The van der Waals surface area contributed by atoms with Gasteiger partial charge < -0.3 is 24.0 Å². The summed E-state index contributed by atoms with van der Waals surface area (Å²) in [7, 11) is 1.67. The van der Waals surface area contributed by atoms with Crippen LogP contribution in [0.15, 0.2) is 109 Å². The molecule has 1 aromatic rings. The highest BCUT2D eigenvalue weighted by atomic mass is 31.2. The zero-order chi connectivity index (χ0) is 39.4. The molecule has 0 saturated heterocycles. The molecule has 0 radical (unpaired) electrons. The molecule has 2 amide bonds. The number of nitrogens with one attached hydrogen (secondary N) is 2. The van der Waals surface area contributed by atoms with Crippen LogP contribution in [0.4, 0.5) is 4.39 Å². The number of rotatable bonds is 27. The van der Waals surface area contributed by atoms with Gasteiger partial charge in [-0.2, -0.15) is 0 Å². The molecule has 0 aliphatic rings. The van der Waals surface area contributed by atoms with E-state index in [-0.39, 0.29) is 18.4 Å². The molecule has 8 nitrogen and oxygen atoms in total. The standard InChI is InChI=1S/C35H52FN2O4P.C8H15NO/c1-4-5-6-7-8-9-10-11-12-13-14-15-16-17-18-19-20-21-22-23-35(39)37-28-29-38-43(41-31-34(30-36)40-3)42-33-26-24-32(2)25-27-33;1-7(2)5-6-9(4)8(3)10/h5-6,8-9,11-12,14-15,17-18,20-21,24-27,34,38H,4,7,10,13,16,19,22-23,28-31H2,1-3H3,(H,37,39);5-7H,1-4H3/b6-5-,9-8-,12-11-,15-14-,18-17-,21-20-;6-5-. The molecule has 0 aromatic heterocycles. The van der Waals surface area contributed by atoms with E-state index in [1.165, 1.54) is 7.11 Å². The highest BCUT2D eigenvalue weighted by molar-refractivity contribution is 7.45. The number of allylic oxidation sites excluding steroid dienone is 13. The molecule has 296 valence electrons. The first-order valence-electron chi connectivity index (χ1n) is 18.7. The number of carbonyl (C=O) groups excluding carboxylic acids is 2. The summed E-state index contributed by atoms with van der Waals surface area (Å²) in [5.74, 6) is 1.21. The second kappa shape index (κ2) is 35.4. The van der Waals surface area contributed by atoms with Gasteiger partial charge in [0.2, 0.25) is 11.8 Å². The van der Waals surface area contributed by atoms with Crippen LogP contribution in [0, 0.1) is 12.8 Å². The minimum absolute atomic E-state index is 0.0112. The third-order valence-corrected chi connectivity index (χ3v) is 8.35. The molecule has 0 spiro atoms. The summed E-state index contributed by atoms with van der Waals surface area (Å²) < 4.78 is 29.6. The van der Waals surface area contributed by atoms with Crippen molar-refractivity contribution >= 4 is 20.3 Å². The van der Waals surface area contributed by atoms with Crippen molar-refractivity contribution < 1.29 is 27.8 Å². The Morgan fingerprint density at radius 2 is 1.38 bits per heavy atom. The van der Waals surface area contributed by atoms with Gasteiger partial charge in [-0.1, -0.05) is 117 Å². The maximum absolute atomic E-state index is 13.0. The second-order valence-corrected chi connectivity index (χ2v) is 13.7. The Balaban J connectivity index is 0.00000234. The SMILES string of the molecule is CC(=O)N(C)/C=C\C(C)C.CC/C=C\C/C=C\C/C=C\C/C=C\C/C=C\C/C=C\CCC(=O)NCCNP(OCC(CF)OC)Oc1ccc(C)cc1. The minimum atomic E-state index is -1.53. The van der Waals surface area contributed by atoms with Gasteiger partial charge in [0.15, 0.2) is 0 Å². The quantitative estimate of drug-likeness (QED) is 0.0528. The summed E-state index contributed by atoms with van der Waals surface area (Å²) in [6, 6.07) is 7.60. The van der Waals surface area contributed by atoms with Crippen molar-refractivity contribution in [2.45, 2.75) is 92.1 Å². The molecule has 0 fully saturated rings. The van der Waals surface area contributed by atoms with E-state index in [1.807, 2.05) is 43.3 Å². The fraction of sp³-hybridized carbons (Fsp3) is 0.488. The lowest BCUT2D eigenvalue weighted by molar-refractivity contribution is -0.125. The summed E-state index contributed by atoms with van der Waals surface area (Å²) in [5, 5.41) is 6.07. The van der Waals surface area contributed by atoms with Gasteiger partial charge in [0, 0.05) is 46.8 Å². The zero-order valence-electron chi connectivity index (χ0n) is 33.3. The summed E-state index contributed by atoms with van der Waals surface area (Å²) in [5.41, 5.74) is 1.12. The van der Waals surface area contributed by atoms with Gasteiger partial charge in [0.25, 0.3) is 0 Å². The third-order valence-electron chi connectivity index (χ3n) is 7.11. The van der Waals surface area contributed by atoms with Gasteiger partial charge in [-0.25, -0.2) is 9.48 Å². The number of amides is 2. The van der Waals surface area contributed by atoms with Crippen LogP contribution < -0.4 is 14.9 Å². The number of methoxy groups -OCH3 is 1. The number of hydrogen-bond donors (Lipinski definition) is 2. The molecular weight excluding hydrogens is 688 g/mol. The molecule has 0 aliphatic heterocycles. The van der Waals surface area contributed by atoms with Crippen molar-refractivity contribution in [1.29, 1.82) is 0 Å². The molecule has 0 aliphatic carbocycles. The summed E-state index contributed by atoms with van der Waals surface area (Å²) in [4.78, 5) is 24.4. The van der Waals surface area contributed by atoms with Crippen molar-refractivity contribution in [1.82, 2.24) is 15.3 Å². The molecular formula is C43H67FN3O5P. The molecule has 2 unspecified atom stereocenters. The van der Waals surface area contributed by atoms with Crippen LogP contribution >= 0.6 is 8.53 Å². The first-order valence-corrected chi connectivity index (χ1v) is 19.9. The van der Waals surface area contributed by atoms with E-state index in [4.69, 9.17) is 13.8 Å². The van der Waals surface area contributed by atoms with Crippen LogP contribution in [0.25, 0.3) is 0 Å². The Bertz CT molecular complexity index is 1270. The normalized spacial score (nSPS) is 13.3. The molecule has 0 heterocycles. The van der Waals surface area contributed by atoms with Crippen molar-refractivity contribution in [2.24, 2.45) is 5.92 Å². The maximum atomic E-state index is 13.0. The lowest BCUT2D eigenvalue weighted by Crippen LogP contribution is -2.31. The molecule has 0 bridgehead atoms. The van der Waals surface area contributed by atoms with E-state index in [1.54, 1.807) is 25.1 Å². The number of carbonyl (C=O) groups is 2. The number of aryl methyl sites for hydroxylation is 1. The van der Waals surface area contributed by atoms with Gasteiger partial charge >= 0.3 is 8.53 Å². The second-order valence-electron chi connectivity index (χ2n) is 12.4. The number of hydrogen-bond acceptors (Lipinski definition) is 6. The summed E-state index contributed by atoms with van der Waals surface area (Å²) >= 11 is 0. The third kappa shape index (κ3) is 32.7. The van der Waals surface area contributed by atoms with Crippen LogP contribution in [0.5, 0.6) is 5.75 Å². The smallest absolute Gasteiger partial charge is 0.318 e. The topological polar surface area (TPSA) is 89.1 Å². The molecule has 0 saturated carbocycles. The first kappa shape index (κ1) is 49.4.